The highest BCUT2D eigenvalue weighted by atomic mass is 19.2. The fourth-order valence-corrected chi connectivity index (χ4v) is 7.96. The van der Waals surface area contributed by atoms with Crippen LogP contribution < -0.4 is 15.4 Å². The van der Waals surface area contributed by atoms with E-state index >= 15 is 0 Å². The maximum atomic E-state index is 13.6. The summed E-state index contributed by atoms with van der Waals surface area (Å²) in [5.41, 5.74) is 0. The molecule has 2 rings (SSSR count). The molecule has 0 saturated heterocycles. The Labute approximate surface area is 624 Å². The number of carbonyl (C=O) groups is 5. The molecule has 0 unspecified atom stereocenters. The van der Waals surface area contributed by atoms with E-state index in [2.05, 4.69) is 15.4 Å². The molecule has 1 aliphatic heterocycles. The Morgan fingerprint density at radius 3 is 0.682 bits per heavy atom. The standard InChI is InChI=1S/C69H117F4N3O31/c70-60-59-61(71)68(73)69(67(60)72)107-66(81)5-10-83-13-15-85-17-19-87-21-23-89-25-27-91-29-31-93-33-35-95-37-39-97-41-43-99-45-47-101-49-51-103-53-55-105-57-58-106-56-54-104-52-50-102-48-46-100-44-42-98-40-38-96-36-34-94-32-30-92-28-26-90-24-22-88-20-18-86-16-14-84-12-7-75-63(78)4-9-82-11-6-74-62(77)3-8-76-64(79)1-2-65(76)80/h1-2,59H,3-58H2,(H,74,77)(H,75,78). The zero-order valence-electron chi connectivity index (χ0n) is 61.9. The largest absolute Gasteiger partial charge is 0.420 e. The van der Waals surface area contributed by atoms with Crippen LogP contribution in [-0.4, -0.2) is 384 Å². The lowest BCUT2D eigenvalue weighted by atomic mass is 10.3. The van der Waals surface area contributed by atoms with Crippen LogP contribution in [0.15, 0.2) is 18.2 Å². The van der Waals surface area contributed by atoms with E-state index in [1.165, 1.54) is 12.2 Å². The van der Waals surface area contributed by atoms with E-state index in [9.17, 15) is 41.5 Å². The van der Waals surface area contributed by atoms with Gasteiger partial charge in [-0.15, -0.1) is 0 Å². The molecule has 1 aromatic carbocycles. The van der Waals surface area contributed by atoms with Gasteiger partial charge in [0.15, 0.2) is 11.6 Å². The molecule has 0 aliphatic carbocycles. The van der Waals surface area contributed by atoms with Gasteiger partial charge in [0.05, 0.1) is 337 Å². The summed E-state index contributed by atoms with van der Waals surface area (Å²) in [6.07, 6.45) is 2.11. The summed E-state index contributed by atoms with van der Waals surface area (Å²) in [5, 5.41) is 5.38. The maximum absolute atomic E-state index is 13.6. The number of benzene rings is 1. The minimum atomic E-state index is -1.80. The quantitative estimate of drug-likeness (QED) is 0.0228. The van der Waals surface area contributed by atoms with Crippen molar-refractivity contribution in [3.8, 4) is 5.75 Å². The number of halogens is 4. The number of amides is 4. The molecule has 0 aromatic heterocycles. The predicted octanol–water partition coefficient (Wildman–Crippen LogP) is 0.891. The van der Waals surface area contributed by atoms with Gasteiger partial charge in [0.25, 0.3) is 11.8 Å². The normalized spacial score (nSPS) is 12.2. The third kappa shape index (κ3) is 64.6. The first-order chi connectivity index (χ1) is 52.6. The van der Waals surface area contributed by atoms with Crippen LogP contribution in [-0.2, 0) is 142 Å². The van der Waals surface area contributed by atoms with Gasteiger partial charge in [0.2, 0.25) is 29.2 Å². The average Bonchev–Trinajstić information content (AvgIpc) is 1.43. The zero-order valence-corrected chi connectivity index (χ0v) is 61.9. The SMILES string of the molecule is O=C(CCOCCNC(=O)CCN1C(=O)C=CC1=O)NCCOCCOCCOCCOCCOCCOCCOCCOCCOCCOCCOCCOCCOCCOCCOCCOCCOCCOCCOCCOCCOCCOCCOCCOCCC(=O)Oc1c(F)c(F)cc(F)c1F. The first-order valence-electron chi connectivity index (χ1n) is 36.1. The summed E-state index contributed by atoms with van der Waals surface area (Å²) in [4.78, 5) is 59.6. The summed E-state index contributed by atoms with van der Waals surface area (Å²) in [7, 11) is 0. The van der Waals surface area contributed by atoms with Crippen molar-refractivity contribution in [3.63, 3.8) is 0 Å². The molecule has 107 heavy (non-hydrogen) atoms. The second kappa shape index (κ2) is 76.6. The molecular formula is C69H117F4N3O31. The Kier molecular flexibility index (Phi) is 70.4. The number of ether oxygens (including phenoxy) is 26. The van der Waals surface area contributed by atoms with Crippen LogP contribution in [0.3, 0.4) is 0 Å². The molecule has 0 radical (unpaired) electrons. The number of esters is 1. The molecule has 0 spiro atoms. The highest BCUT2D eigenvalue weighted by molar-refractivity contribution is 6.13. The lowest BCUT2D eigenvalue weighted by molar-refractivity contribution is -0.138. The molecule has 1 heterocycles. The first kappa shape index (κ1) is 98.3. The number of nitrogens with zero attached hydrogens (tertiary/aromatic N) is 1. The summed E-state index contributed by atoms with van der Waals surface area (Å²) in [6.45, 7) is 20.6. The summed E-state index contributed by atoms with van der Waals surface area (Å²) < 4.78 is 195. The molecule has 2 N–H and O–H groups in total. The number of rotatable bonds is 85. The second-order valence-electron chi connectivity index (χ2n) is 21.7. The van der Waals surface area contributed by atoms with Gasteiger partial charge in [-0.05, 0) is 0 Å². The number of nitrogens with one attached hydrogen (secondary N) is 2. The fourth-order valence-electron chi connectivity index (χ4n) is 7.96. The van der Waals surface area contributed by atoms with Gasteiger partial charge in [-0.2, -0.15) is 8.78 Å². The van der Waals surface area contributed by atoms with Crippen molar-refractivity contribution in [1.82, 2.24) is 15.5 Å². The molecule has 622 valence electrons. The van der Waals surface area contributed by atoms with Gasteiger partial charge in [-0.1, -0.05) is 0 Å². The van der Waals surface area contributed by atoms with Gasteiger partial charge in [0.1, 0.15) is 0 Å². The number of hydrogen-bond acceptors (Lipinski definition) is 31. The monoisotopic (exact) mass is 1560 g/mol. The van der Waals surface area contributed by atoms with Gasteiger partial charge >= 0.3 is 5.97 Å². The van der Waals surface area contributed by atoms with E-state index < -0.39 is 53.2 Å². The van der Waals surface area contributed by atoms with Gasteiger partial charge in [-0.25, -0.2) is 8.78 Å². The van der Waals surface area contributed by atoms with Crippen molar-refractivity contribution >= 4 is 29.6 Å². The van der Waals surface area contributed by atoms with Gasteiger partial charge in [0, 0.05) is 50.7 Å². The summed E-state index contributed by atoms with van der Waals surface area (Å²) in [5.74, 6) is -10.9. The smallest absolute Gasteiger partial charge is 0.313 e. The van der Waals surface area contributed by atoms with E-state index in [0.717, 1.165) is 4.90 Å². The van der Waals surface area contributed by atoms with Crippen molar-refractivity contribution in [2.45, 2.75) is 19.3 Å². The first-order valence-corrected chi connectivity index (χ1v) is 36.1. The fraction of sp³-hybridized carbons (Fsp3) is 0.812. The van der Waals surface area contributed by atoms with Crippen molar-refractivity contribution in [1.29, 1.82) is 0 Å². The molecule has 1 aliphatic rings. The average molecular weight is 1560 g/mol. The van der Waals surface area contributed by atoms with Crippen molar-refractivity contribution in [2.75, 3.05) is 350 Å². The Morgan fingerprint density at radius 1 is 0.262 bits per heavy atom. The lowest BCUT2D eigenvalue weighted by Gasteiger charge is -2.13. The Balaban J connectivity index is 1.10. The van der Waals surface area contributed by atoms with E-state index in [0.29, 0.717) is 297 Å². The van der Waals surface area contributed by atoms with E-state index in [1.54, 1.807) is 0 Å². The predicted molar refractivity (Wildman–Crippen MR) is 368 cm³/mol. The molecule has 38 heteroatoms. The van der Waals surface area contributed by atoms with E-state index in [1.807, 2.05) is 0 Å². The minimum absolute atomic E-state index is 0.00299. The van der Waals surface area contributed by atoms with Crippen LogP contribution in [0.2, 0.25) is 0 Å². The molecule has 34 nitrogen and oxygen atoms in total. The molecule has 0 fully saturated rings. The van der Waals surface area contributed by atoms with Crippen molar-refractivity contribution in [2.24, 2.45) is 0 Å². The third-order valence-electron chi connectivity index (χ3n) is 13.4. The molecule has 0 saturated carbocycles. The van der Waals surface area contributed by atoms with Gasteiger partial charge < -0.3 is 134 Å². The molecular weight excluding hydrogens is 1440 g/mol. The lowest BCUT2D eigenvalue weighted by Crippen LogP contribution is -2.35. The minimum Gasteiger partial charge on any atom is -0.420 e. The van der Waals surface area contributed by atoms with Crippen molar-refractivity contribution in [3.05, 3.63) is 41.5 Å². The van der Waals surface area contributed by atoms with E-state index in [4.69, 9.17) is 118 Å². The van der Waals surface area contributed by atoms with Crippen LogP contribution in [0.5, 0.6) is 5.75 Å². The zero-order chi connectivity index (χ0) is 76.9. The van der Waals surface area contributed by atoms with Crippen LogP contribution in [0.25, 0.3) is 0 Å². The molecule has 1 aromatic rings. The van der Waals surface area contributed by atoms with Crippen molar-refractivity contribution < 1.29 is 165 Å². The van der Waals surface area contributed by atoms with Gasteiger partial charge in [-0.3, -0.25) is 28.9 Å². The van der Waals surface area contributed by atoms with E-state index in [-0.39, 0.29) is 83.5 Å². The number of hydrogen-bond donors (Lipinski definition) is 2. The summed E-state index contributed by atoms with van der Waals surface area (Å²) >= 11 is 0. The Bertz CT molecular complexity index is 2260. The highest BCUT2D eigenvalue weighted by Crippen LogP contribution is 2.27. The number of carbonyl (C=O) groups excluding carboxylic acids is 5. The second-order valence-corrected chi connectivity index (χ2v) is 21.7. The van der Waals surface area contributed by atoms with Crippen LogP contribution >= 0.6 is 0 Å². The molecule has 0 atom stereocenters. The third-order valence-corrected chi connectivity index (χ3v) is 13.4. The molecule has 0 bridgehead atoms. The Hall–Kier alpha value is -4.77. The van der Waals surface area contributed by atoms with Crippen LogP contribution in [0.1, 0.15) is 19.3 Å². The topological polar surface area (TPSA) is 353 Å². The van der Waals surface area contributed by atoms with Crippen LogP contribution in [0.4, 0.5) is 17.6 Å². The number of imide groups is 1. The summed E-state index contributed by atoms with van der Waals surface area (Å²) in [6, 6.07) is 0.0144. The molecule has 4 amide bonds. The maximum Gasteiger partial charge on any atom is 0.313 e. The Morgan fingerprint density at radius 2 is 0.449 bits per heavy atom. The highest BCUT2D eigenvalue weighted by Gasteiger charge is 2.25. The van der Waals surface area contributed by atoms with Crippen LogP contribution in [0, 0.1) is 23.3 Å².